The summed E-state index contributed by atoms with van der Waals surface area (Å²) in [6.45, 7) is 5.65. The third-order valence-electron chi connectivity index (χ3n) is 4.51. The van der Waals surface area contributed by atoms with Gasteiger partial charge in [-0.25, -0.2) is 0 Å². The molecule has 0 aliphatic heterocycles. The lowest BCUT2D eigenvalue weighted by Crippen LogP contribution is -2.26. The summed E-state index contributed by atoms with van der Waals surface area (Å²) in [7, 11) is 1.61. The maximum absolute atomic E-state index is 11.8. The summed E-state index contributed by atoms with van der Waals surface area (Å²) < 4.78 is 1.52. The number of benzene rings is 1. The van der Waals surface area contributed by atoms with Crippen LogP contribution in [0.1, 0.15) is 16.1 Å². The molecule has 146 valence electrons. The van der Waals surface area contributed by atoms with Crippen molar-refractivity contribution in [2.24, 2.45) is 16.5 Å². The largest absolute Gasteiger partial charge is 0.366 e. The number of aryl methyl sites for hydroxylation is 1. The lowest BCUT2D eigenvalue weighted by Gasteiger charge is -2.14. The molecule has 3 rings (SSSR count). The number of carbonyl (C=O) groups excluding carboxylic acids is 2. The Bertz CT molecular complexity index is 1210. The van der Waals surface area contributed by atoms with E-state index in [4.69, 9.17) is 11.5 Å². The Morgan fingerprint density at radius 3 is 2.45 bits per heavy atom. The molecular formula is C22H21N5O2. The van der Waals surface area contributed by atoms with Gasteiger partial charge < -0.3 is 11.5 Å². The Morgan fingerprint density at radius 2 is 1.83 bits per heavy atom. The molecule has 3 aromatic rings. The number of aromatic nitrogens is 2. The number of amides is 2. The van der Waals surface area contributed by atoms with Gasteiger partial charge in [-0.1, -0.05) is 18.7 Å². The molecule has 2 heterocycles. The summed E-state index contributed by atoms with van der Waals surface area (Å²) in [4.78, 5) is 32.2. The van der Waals surface area contributed by atoms with Crippen LogP contribution in [0.2, 0.25) is 0 Å². The molecule has 0 bridgehead atoms. The standard InChI is InChI=1S/C22H21N5O2/c1-13-5-4-6-19(26-13)17-9-7-15(22(24)29)11-18(17)16-8-10-20(25-3)27(12-16)14(2)21(23)28/h4-12H,2H2,1,3H3,(H2,23,28)(H2,24,29)/b25-20-. The number of hydrogen-bond donors (Lipinski definition) is 2. The van der Waals surface area contributed by atoms with Crippen LogP contribution in [0.4, 0.5) is 0 Å². The number of nitrogens with zero attached hydrogens (tertiary/aromatic N) is 3. The Morgan fingerprint density at radius 1 is 1.07 bits per heavy atom. The second-order valence-electron chi connectivity index (χ2n) is 6.47. The van der Waals surface area contributed by atoms with E-state index in [1.807, 2.05) is 37.3 Å². The summed E-state index contributed by atoms with van der Waals surface area (Å²) in [6, 6.07) is 14.5. The van der Waals surface area contributed by atoms with Gasteiger partial charge in [0.15, 0.2) is 0 Å². The van der Waals surface area contributed by atoms with Gasteiger partial charge in [0, 0.05) is 30.1 Å². The fraction of sp³-hybridized carbons (Fsp3) is 0.0909. The minimum absolute atomic E-state index is 0.0775. The average Bonchev–Trinajstić information content (AvgIpc) is 2.72. The van der Waals surface area contributed by atoms with Gasteiger partial charge in [-0.3, -0.25) is 24.1 Å². The molecule has 7 nitrogen and oxygen atoms in total. The van der Waals surface area contributed by atoms with E-state index in [2.05, 4.69) is 16.6 Å². The third kappa shape index (κ3) is 3.98. The van der Waals surface area contributed by atoms with Crippen LogP contribution in [-0.4, -0.2) is 28.4 Å². The topological polar surface area (TPSA) is 116 Å². The van der Waals surface area contributed by atoms with Crippen molar-refractivity contribution in [2.45, 2.75) is 6.92 Å². The number of hydrogen-bond acceptors (Lipinski definition) is 4. The molecule has 0 fully saturated rings. The van der Waals surface area contributed by atoms with Crippen molar-refractivity contribution in [1.82, 2.24) is 9.55 Å². The minimum Gasteiger partial charge on any atom is -0.366 e. The van der Waals surface area contributed by atoms with Crippen molar-refractivity contribution >= 4 is 17.5 Å². The Labute approximate surface area is 168 Å². The van der Waals surface area contributed by atoms with Crippen LogP contribution in [-0.2, 0) is 4.79 Å². The second-order valence-corrected chi connectivity index (χ2v) is 6.47. The number of pyridine rings is 2. The summed E-state index contributed by atoms with van der Waals surface area (Å²) in [5, 5.41) is 0. The Balaban J connectivity index is 2.30. The quantitative estimate of drug-likeness (QED) is 0.653. The zero-order chi connectivity index (χ0) is 21.1. The first kappa shape index (κ1) is 19.8. The van der Waals surface area contributed by atoms with Crippen LogP contribution < -0.4 is 17.0 Å². The highest BCUT2D eigenvalue weighted by Gasteiger charge is 2.14. The first-order valence-electron chi connectivity index (χ1n) is 8.84. The average molecular weight is 387 g/mol. The normalized spacial score (nSPS) is 11.3. The molecule has 2 amide bonds. The summed E-state index contributed by atoms with van der Waals surface area (Å²) in [5.74, 6) is -1.20. The molecule has 0 atom stereocenters. The van der Waals surface area contributed by atoms with Gasteiger partial charge in [-0.05, 0) is 54.4 Å². The van der Waals surface area contributed by atoms with Crippen molar-refractivity contribution in [2.75, 3.05) is 7.05 Å². The Hall–Kier alpha value is -4.00. The molecule has 0 radical (unpaired) electrons. The lowest BCUT2D eigenvalue weighted by atomic mass is 9.95. The van der Waals surface area contributed by atoms with E-state index in [1.54, 1.807) is 31.4 Å². The molecule has 2 aromatic heterocycles. The molecule has 0 aliphatic carbocycles. The van der Waals surface area contributed by atoms with Gasteiger partial charge in [0.05, 0.1) is 5.69 Å². The fourth-order valence-electron chi connectivity index (χ4n) is 3.02. The molecule has 0 saturated carbocycles. The molecule has 1 aromatic carbocycles. The second kappa shape index (κ2) is 7.93. The first-order chi connectivity index (χ1) is 13.8. The zero-order valence-electron chi connectivity index (χ0n) is 16.2. The van der Waals surface area contributed by atoms with E-state index >= 15 is 0 Å². The van der Waals surface area contributed by atoms with Gasteiger partial charge in [-0.2, -0.15) is 0 Å². The van der Waals surface area contributed by atoms with Crippen LogP contribution in [0.25, 0.3) is 28.1 Å². The van der Waals surface area contributed by atoms with Gasteiger partial charge in [0.1, 0.15) is 11.2 Å². The van der Waals surface area contributed by atoms with Gasteiger partial charge in [0.25, 0.3) is 5.91 Å². The van der Waals surface area contributed by atoms with Gasteiger partial charge in [-0.15, -0.1) is 0 Å². The Kier molecular flexibility index (Phi) is 5.40. The van der Waals surface area contributed by atoms with Crippen molar-refractivity contribution in [1.29, 1.82) is 0 Å². The highest BCUT2D eigenvalue weighted by molar-refractivity contribution is 6.11. The van der Waals surface area contributed by atoms with Gasteiger partial charge >= 0.3 is 0 Å². The number of carbonyl (C=O) groups is 2. The SMILES string of the molecule is C=C(C(N)=O)n1cc(-c2cc(C(N)=O)ccc2-c2cccc(C)n2)cc/c1=N/C. The zero-order valence-corrected chi connectivity index (χ0v) is 16.2. The molecule has 4 N–H and O–H groups in total. The van der Waals surface area contributed by atoms with E-state index in [9.17, 15) is 9.59 Å². The van der Waals surface area contributed by atoms with E-state index in [0.29, 0.717) is 11.1 Å². The molecule has 7 heteroatoms. The predicted molar refractivity (Wildman–Crippen MR) is 112 cm³/mol. The first-order valence-corrected chi connectivity index (χ1v) is 8.84. The number of rotatable bonds is 5. The van der Waals surface area contributed by atoms with E-state index < -0.39 is 11.8 Å². The third-order valence-corrected chi connectivity index (χ3v) is 4.51. The molecule has 29 heavy (non-hydrogen) atoms. The summed E-state index contributed by atoms with van der Waals surface area (Å²) in [6.07, 6.45) is 1.70. The smallest absolute Gasteiger partial charge is 0.265 e. The maximum Gasteiger partial charge on any atom is 0.265 e. The monoisotopic (exact) mass is 387 g/mol. The minimum atomic E-state index is -0.663. The summed E-state index contributed by atoms with van der Waals surface area (Å²) >= 11 is 0. The lowest BCUT2D eigenvalue weighted by molar-refractivity contribution is -0.113. The predicted octanol–water partition coefficient (Wildman–Crippen LogP) is 2.11. The summed E-state index contributed by atoms with van der Waals surface area (Å²) in [5.41, 5.74) is 15.7. The highest BCUT2D eigenvalue weighted by atomic mass is 16.1. The van der Waals surface area contributed by atoms with Crippen molar-refractivity contribution in [3.05, 3.63) is 78.1 Å². The molecule has 0 aliphatic rings. The van der Waals surface area contributed by atoms with Crippen molar-refractivity contribution in [3.8, 4) is 22.4 Å². The number of nitrogens with two attached hydrogens (primary N) is 2. The molecular weight excluding hydrogens is 366 g/mol. The van der Waals surface area contributed by atoms with Crippen molar-refractivity contribution in [3.63, 3.8) is 0 Å². The fourth-order valence-corrected chi connectivity index (χ4v) is 3.02. The molecule has 0 saturated heterocycles. The van der Waals surface area contributed by atoms with E-state index in [-0.39, 0.29) is 5.70 Å². The van der Waals surface area contributed by atoms with E-state index in [0.717, 1.165) is 28.1 Å². The molecule has 0 spiro atoms. The maximum atomic E-state index is 11.8. The van der Waals surface area contributed by atoms with Gasteiger partial charge in [0.2, 0.25) is 5.91 Å². The van der Waals surface area contributed by atoms with Crippen molar-refractivity contribution < 1.29 is 9.59 Å². The van der Waals surface area contributed by atoms with Crippen LogP contribution in [0.5, 0.6) is 0 Å². The number of primary amides is 2. The van der Waals surface area contributed by atoms with Crippen LogP contribution >= 0.6 is 0 Å². The van der Waals surface area contributed by atoms with Crippen LogP contribution in [0, 0.1) is 6.92 Å². The van der Waals surface area contributed by atoms with Crippen LogP contribution in [0.3, 0.4) is 0 Å². The van der Waals surface area contributed by atoms with Crippen LogP contribution in [0.15, 0.2) is 66.3 Å². The highest BCUT2D eigenvalue weighted by Crippen LogP contribution is 2.32. The van der Waals surface area contributed by atoms with E-state index in [1.165, 1.54) is 4.57 Å². The molecule has 0 unspecified atom stereocenters.